The highest BCUT2D eigenvalue weighted by Gasteiger charge is 2.05. The van der Waals surface area contributed by atoms with Crippen LogP contribution in [0.25, 0.3) is 11.3 Å². The van der Waals surface area contributed by atoms with Crippen molar-refractivity contribution in [2.45, 2.75) is 26.3 Å². The van der Waals surface area contributed by atoms with Crippen molar-refractivity contribution in [3.63, 3.8) is 0 Å². The molecule has 2 aromatic rings. The summed E-state index contributed by atoms with van der Waals surface area (Å²) in [5, 5.41) is 12.4. The fourth-order valence-corrected chi connectivity index (χ4v) is 2.15. The fourth-order valence-electron chi connectivity index (χ4n) is 2.15. The van der Waals surface area contributed by atoms with Gasteiger partial charge in [-0.2, -0.15) is 5.10 Å². The van der Waals surface area contributed by atoms with E-state index in [1.807, 2.05) is 30.3 Å². The summed E-state index contributed by atoms with van der Waals surface area (Å²) in [7, 11) is 1.62. The minimum Gasteiger partial charge on any atom is -0.497 e. The number of esters is 1. The quantitative estimate of drug-likeness (QED) is 0.796. The molecule has 0 amide bonds. The number of carbonyl (C=O) groups is 1. The van der Waals surface area contributed by atoms with Gasteiger partial charge in [-0.15, -0.1) is 0 Å². The Morgan fingerprint density at radius 3 is 2.61 bits per heavy atom. The largest absolute Gasteiger partial charge is 0.497 e. The molecule has 6 nitrogen and oxygen atoms in total. The molecule has 6 heteroatoms. The molecule has 0 saturated heterocycles. The van der Waals surface area contributed by atoms with Crippen LogP contribution in [-0.4, -0.2) is 29.5 Å². The van der Waals surface area contributed by atoms with E-state index in [1.54, 1.807) is 24.8 Å². The van der Waals surface area contributed by atoms with Crippen molar-refractivity contribution in [2.75, 3.05) is 13.7 Å². The number of nitrogens with one attached hydrogen (secondary N) is 1. The monoisotopic (exact) mass is 315 g/mol. The molecule has 0 fully saturated rings. The summed E-state index contributed by atoms with van der Waals surface area (Å²) in [6, 6.07) is 11.1. The Kier molecular flexibility index (Phi) is 5.91. The second kappa shape index (κ2) is 8.12. The van der Waals surface area contributed by atoms with Crippen LogP contribution in [0.2, 0.25) is 0 Å². The molecule has 0 spiro atoms. The summed E-state index contributed by atoms with van der Waals surface area (Å²) in [6.07, 6.45) is 0.920. The molecule has 1 N–H and O–H groups in total. The predicted octanol–water partition coefficient (Wildman–Crippen LogP) is 2.38. The molecule has 23 heavy (non-hydrogen) atoms. The molecule has 0 aliphatic heterocycles. The fraction of sp³-hybridized carbons (Fsp3) is 0.353. The third-order valence-corrected chi connectivity index (χ3v) is 3.35. The van der Waals surface area contributed by atoms with Gasteiger partial charge in [-0.25, -0.2) is 4.68 Å². The maximum atomic E-state index is 11.4. The zero-order valence-electron chi connectivity index (χ0n) is 13.4. The molecule has 1 aromatic heterocycles. The van der Waals surface area contributed by atoms with Crippen molar-refractivity contribution >= 4 is 5.97 Å². The van der Waals surface area contributed by atoms with Crippen LogP contribution in [0.3, 0.4) is 0 Å². The lowest BCUT2D eigenvalue weighted by molar-refractivity contribution is -0.143. The highest BCUT2D eigenvalue weighted by Crippen LogP contribution is 2.19. The molecule has 122 valence electrons. The zero-order valence-corrected chi connectivity index (χ0v) is 13.4. The average molecular weight is 315 g/mol. The smallest absolute Gasteiger partial charge is 0.305 e. The Labute approximate surface area is 135 Å². The predicted molar refractivity (Wildman–Crippen MR) is 85.9 cm³/mol. The lowest BCUT2D eigenvalue weighted by Crippen LogP contribution is -2.23. The van der Waals surface area contributed by atoms with Crippen LogP contribution in [0.1, 0.15) is 19.8 Å². The van der Waals surface area contributed by atoms with Crippen LogP contribution >= 0.6 is 0 Å². The minimum absolute atomic E-state index is 0.217. The van der Waals surface area contributed by atoms with Gasteiger partial charge in [-0.1, -0.05) is 0 Å². The molecule has 0 aliphatic rings. The van der Waals surface area contributed by atoms with Gasteiger partial charge < -0.3 is 9.47 Å². The summed E-state index contributed by atoms with van der Waals surface area (Å²) < 4.78 is 11.6. The van der Waals surface area contributed by atoms with E-state index < -0.39 is 0 Å². The average Bonchev–Trinajstić information content (AvgIpc) is 2.57. The summed E-state index contributed by atoms with van der Waals surface area (Å²) in [6.45, 7) is 2.68. The second-order valence-corrected chi connectivity index (χ2v) is 4.96. The summed E-state index contributed by atoms with van der Waals surface area (Å²) >= 11 is 0. The first-order valence-corrected chi connectivity index (χ1v) is 7.57. The first-order chi connectivity index (χ1) is 11.1. The first kappa shape index (κ1) is 16.7. The van der Waals surface area contributed by atoms with Gasteiger partial charge in [-0.3, -0.25) is 10.2 Å². The number of ether oxygens (including phenoxy) is 2. The third-order valence-electron chi connectivity index (χ3n) is 3.35. The maximum absolute atomic E-state index is 11.4. The minimum atomic E-state index is -0.217. The molecule has 1 aromatic carbocycles. The molecule has 0 unspecified atom stereocenters. The van der Waals surface area contributed by atoms with Crippen molar-refractivity contribution in [2.24, 2.45) is 0 Å². The van der Waals surface area contributed by atoms with Gasteiger partial charge in [0.25, 0.3) is 0 Å². The van der Waals surface area contributed by atoms with Crippen molar-refractivity contribution in [3.05, 3.63) is 41.9 Å². The number of aryl methyl sites for hydroxylation is 1. The number of hydrogen-bond acceptors (Lipinski definition) is 5. The molecule has 0 atom stereocenters. The molecule has 0 bridgehead atoms. The maximum Gasteiger partial charge on any atom is 0.305 e. The Hall–Kier alpha value is -2.63. The van der Waals surface area contributed by atoms with E-state index in [0.717, 1.165) is 17.0 Å². The lowest BCUT2D eigenvalue weighted by atomic mass is 10.1. The second-order valence-electron chi connectivity index (χ2n) is 4.96. The Morgan fingerprint density at radius 1 is 1.22 bits per heavy atom. The van der Waals surface area contributed by atoms with Crippen molar-refractivity contribution in [1.29, 1.82) is 5.41 Å². The Bertz CT molecular complexity index is 708. The summed E-state index contributed by atoms with van der Waals surface area (Å²) in [5.74, 6) is 0.569. The molecule has 2 rings (SSSR count). The topological polar surface area (TPSA) is 77.2 Å². The van der Waals surface area contributed by atoms with Gasteiger partial charge >= 0.3 is 5.97 Å². The number of nitrogens with zero attached hydrogens (tertiary/aromatic N) is 2. The number of benzene rings is 1. The van der Waals surface area contributed by atoms with Gasteiger partial charge in [0.1, 0.15) is 11.2 Å². The normalized spacial score (nSPS) is 10.3. The van der Waals surface area contributed by atoms with Crippen molar-refractivity contribution in [3.8, 4) is 17.0 Å². The van der Waals surface area contributed by atoms with Gasteiger partial charge in [-0.05, 0) is 49.7 Å². The molecule has 1 heterocycles. The lowest BCUT2D eigenvalue weighted by Gasteiger charge is -2.09. The van der Waals surface area contributed by atoms with Gasteiger partial charge in [0, 0.05) is 18.5 Å². The molecule has 0 radical (unpaired) electrons. The number of carbonyl (C=O) groups excluding carboxylic acids is 1. The number of methoxy groups -OCH3 is 1. The number of aromatic nitrogens is 2. The van der Waals surface area contributed by atoms with Crippen molar-refractivity contribution < 1.29 is 14.3 Å². The summed E-state index contributed by atoms with van der Waals surface area (Å²) in [5.41, 5.74) is 2.04. The van der Waals surface area contributed by atoms with Crippen molar-refractivity contribution in [1.82, 2.24) is 9.78 Å². The van der Waals surface area contributed by atoms with E-state index in [9.17, 15) is 4.79 Å². The number of hydrogen-bond donors (Lipinski definition) is 1. The third kappa shape index (κ3) is 4.67. The van der Waals surface area contributed by atoms with Crippen LogP contribution in [-0.2, 0) is 16.1 Å². The van der Waals surface area contributed by atoms with E-state index in [4.69, 9.17) is 14.9 Å². The standard InChI is InChI=1S/C17H21N3O3/c1-3-23-17(21)5-4-12-20-16(18)11-10-15(19-20)13-6-8-14(22-2)9-7-13/h6-11,18H,3-5,12H2,1-2H3. The van der Waals surface area contributed by atoms with E-state index in [2.05, 4.69) is 5.10 Å². The van der Waals surface area contributed by atoms with Crippen LogP contribution < -0.4 is 10.2 Å². The Balaban J connectivity index is 2.09. The van der Waals surface area contributed by atoms with E-state index in [0.29, 0.717) is 31.5 Å². The van der Waals surface area contributed by atoms with E-state index >= 15 is 0 Å². The van der Waals surface area contributed by atoms with Crippen LogP contribution in [0.15, 0.2) is 36.4 Å². The first-order valence-electron chi connectivity index (χ1n) is 7.57. The highest BCUT2D eigenvalue weighted by atomic mass is 16.5. The molecule has 0 aliphatic carbocycles. The van der Waals surface area contributed by atoms with Crippen LogP contribution in [0.5, 0.6) is 5.75 Å². The van der Waals surface area contributed by atoms with Crippen LogP contribution in [0.4, 0.5) is 0 Å². The molecule has 0 saturated carbocycles. The summed E-state index contributed by atoms with van der Waals surface area (Å²) in [4.78, 5) is 11.4. The molecular formula is C17H21N3O3. The van der Waals surface area contributed by atoms with Gasteiger partial charge in [0.05, 0.1) is 19.4 Å². The van der Waals surface area contributed by atoms with Gasteiger partial charge in [0.15, 0.2) is 0 Å². The number of rotatable bonds is 7. The van der Waals surface area contributed by atoms with Crippen LogP contribution in [0, 0.1) is 5.41 Å². The molecular weight excluding hydrogens is 294 g/mol. The SMILES string of the molecule is CCOC(=O)CCCn1nc(-c2ccc(OC)cc2)ccc1=N. The zero-order chi connectivity index (χ0) is 16.7. The highest BCUT2D eigenvalue weighted by molar-refractivity contribution is 5.69. The van der Waals surface area contributed by atoms with E-state index in [-0.39, 0.29) is 5.97 Å². The van der Waals surface area contributed by atoms with E-state index in [1.165, 1.54) is 0 Å². The Morgan fingerprint density at radius 2 is 1.96 bits per heavy atom. The van der Waals surface area contributed by atoms with Gasteiger partial charge in [0.2, 0.25) is 0 Å².